The van der Waals surface area contributed by atoms with Gasteiger partial charge in [0.1, 0.15) is 5.67 Å². The van der Waals surface area contributed by atoms with Crippen LogP contribution in [0.15, 0.2) is 0 Å². The van der Waals surface area contributed by atoms with Crippen LogP contribution in [0, 0.1) is 0 Å². The van der Waals surface area contributed by atoms with Crippen molar-refractivity contribution in [3.63, 3.8) is 0 Å². The predicted molar refractivity (Wildman–Crippen MR) is 47.0 cm³/mol. The Kier molecular flexibility index (Phi) is 2.09. The highest BCUT2D eigenvalue weighted by atomic mass is 19.1. The summed E-state index contributed by atoms with van der Waals surface area (Å²) in [5, 5.41) is 3.30. The molecule has 0 spiro atoms. The molecule has 1 atom stereocenters. The van der Waals surface area contributed by atoms with E-state index in [0.717, 1.165) is 25.9 Å². The third-order valence-corrected chi connectivity index (χ3v) is 2.98. The SMILES string of the molecule is CN(CC1(F)CC1)C1CCNC1. The Labute approximate surface area is 73.1 Å². The zero-order valence-corrected chi connectivity index (χ0v) is 7.65. The fourth-order valence-corrected chi connectivity index (χ4v) is 1.89. The van der Waals surface area contributed by atoms with Crippen molar-refractivity contribution >= 4 is 0 Å². The summed E-state index contributed by atoms with van der Waals surface area (Å²) in [5.41, 5.74) is -0.822. The highest BCUT2D eigenvalue weighted by Gasteiger charge is 2.44. The highest BCUT2D eigenvalue weighted by molar-refractivity contribution is 4.97. The van der Waals surface area contributed by atoms with Crippen LogP contribution in [-0.2, 0) is 0 Å². The van der Waals surface area contributed by atoms with Gasteiger partial charge in [0.25, 0.3) is 0 Å². The molecule has 0 amide bonds. The molecule has 2 aliphatic rings. The van der Waals surface area contributed by atoms with Crippen LogP contribution in [0.1, 0.15) is 19.3 Å². The average molecular weight is 172 g/mol. The molecule has 1 unspecified atom stereocenters. The number of halogens is 1. The standard InChI is InChI=1S/C9H17FN2/c1-12(7-9(10)3-4-9)8-2-5-11-6-8/h8,11H,2-7H2,1H3. The second-order valence-corrected chi connectivity index (χ2v) is 4.21. The minimum Gasteiger partial charge on any atom is -0.315 e. The normalized spacial score (nSPS) is 32.8. The summed E-state index contributed by atoms with van der Waals surface area (Å²) in [6.07, 6.45) is 2.72. The van der Waals surface area contributed by atoms with E-state index < -0.39 is 5.67 Å². The fraction of sp³-hybridized carbons (Fsp3) is 1.00. The molecule has 0 bridgehead atoms. The number of nitrogens with one attached hydrogen (secondary N) is 1. The first-order chi connectivity index (χ1) is 5.70. The quantitative estimate of drug-likeness (QED) is 0.677. The third kappa shape index (κ3) is 1.77. The van der Waals surface area contributed by atoms with Crippen molar-refractivity contribution in [2.24, 2.45) is 0 Å². The topological polar surface area (TPSA) is 15.3 Å². The van der Waals surface area contributed by atoms with Crippen molar-refractivity contribution in [2.75, 3.05) is 26.7 Å². The summed E-state index contributed by atoms with van der Waals surface area (Å²) < 4.78 is 13.3. The molecule has 1 aliphatic heterocycles. The molecule has 2 rings (SSSR count). The summed E-state index contributed by atoms with van der Waals surface area (Å²) in [5.74, 6) is 0. The molecule has 1 saturated heterocycles. The summed E-state index contributed by atoms with van der Waals surface area (Å²) in [6, 6.07) is 0.568. The largest absolute Gasteiger partial charge is 0.315 e. The lowest BCUT2D eigenvalue weighted by Gasteiger charge is -2.24. The summed E-state index contributed by atoms with van der Waals surface area (Å²) in [4.78, 5) is 2.17. The van der Waals surface area contributed by atoms with Gasteiger partial charge < -0.3 is 5.32 Å². The number of hydrogen-bond acceptors (Lipinski definition) is 2. The molecule has 1 N–H and O–H groups in total. The third-order valence-electron chi connectivity index (χ3n) is 2.98. The van der Waals surface area contributed by atoms with Crippen molar-refractivity contribution in [1.82, 2.24) is 10.2 Å². The highest BCUT2D eigenvalue weighted by Crippen LogP contribution is 2.40. The lowest BCUT2D eigenvalue weighted by molar-refractivity contribution is 0.167. The van der Waals surface area contributed by atoms with Crippen LogP contribution in [0.4, 0.5) is 4.39 Å². The zero-order chi connectivity index (χ0) is 8.60. The van der Waals surface area contributed by atoms with Crippen molar-refractivity contribution in [2.45, 2.75) is 31.0 Å². The monoisotopic (exact) mass is 172 g/mol. The molecule has 12 heavy (non-hydrogen) atoms. The minimum atomic E-state index is -0.822. The van der Waals surface area contributed by atoms with Gasteiger partial charge in [-0.2, -0.15) is 0 Å². The maximum absolute atomic E-state index is 13.3. The van der Waals surface area contributed by atoms with E-state index in [2.05, 4.69) is 10.2 Å². The molecule has 1 aliphatic carbocycles. The Morgan fingerprint density at radius 3 is 2.83 bits per heavy atom. The van der Waals surface area contributed by atoms with Gasteiger partial charge in [0.2, 0.25) is 0 Å². The van der Waals surface area contributed by atoms with Crippen LogP contribution in [0.5, 0.6) is 0 Å². The van der Waals surface area contributed by atoms with Crippen LogP contribution < -0.4 is 5.32 Å². The molecule has 0 radical (unpaired) electrons. The van der Waals surface area contributed by atoms with Gasteiger partial charge in [0.05, 0.1) is 0 Å². The smallest absolute Gasteiger partial charge is 0.123 e. The van der Waals surface area contributed by atoms with E-state index in [4.69, 9.17) is 0 Å². The summed E-state index contributed by atoms with van der Waals surface area (Å²) in [7, 11) is 2.04. The van der Waals surface area contributed by atoms with Gasteiger partial charge in [-0.1, -0.05) is 0 Å². The van der Waals surface area contributed by atoms with Gasteiger partial charge in [-0.15, -0.1) is 0 Å². The van der Waals surface area contributed by atoms with Crippen molar-refractivity contribution in [1.29, 1.82) is 0 Å². The van der Waals surface area contributed by atoms with Crippen molar-refractivity contribution in [3.8, 4) is 0 Å². The second kappa shape index (κ2) is 2.96. The fourth-order valence-electron chi connectivity index (χ4n) is 1.89. The van der Waals surface area contributed by atoms with Crippen molar-refractivity contribution < 1.29 is 4.39 Å². The van der Waals surface area contributed by atoms with Crippen LogP contribution in [0.25, 0.3) is 0 Å². The van der Waals surface area contributed by atoms with E-state index >= 15 is 0 Å². The maximum Gasteiger partial charge on any atom is 0.123 e. The Balaban J connectivity index is 1.79. The van der Waals surface area contributed by atoms with Gasteiger partial charge in [-0.3, -0.25) is 4.90 Å². The van der Waals surface area contributed by atoms with Gasteiger partial charge in [0.15, 0.2) is 0 Å². The van der Waals surface area contributed by atoms with Crippen LogP contribution in [-0.4, -0.2) is 43.3 Å². The molecule has 3 heteroatoms. The zero-order valence-electron chi connectivity index (χ0n) is 7.65. The first-order valence-corrected chi connectivity index (χ1v) is 4.79. The molecular weight excluding hydrogens is 155 g/mol. The lowest BCUT2D eigenvalue weighted by atomic mass is 10.2. The molecule has 2 nitrogen and oxygen atoms in total. The molecule has 70 valence electrons. The summed E-state index contributed by atoms with van der Waals surface area (Å²) in [6.45, 7) is 2.76. The van der Waals surface area contributed by atoms with Crippen LogP contribution in [0.3, 0.4) is 0 Å². The first kappa shape index (κ1) is 8.45. The summed E-state index contributed by atoms with van der Waals surface area (Å²) >= 11 is 0. The number of alkyl halides is 1. The Hall–Kier alpha value is -0.150. The van der Waals surface area contributed by atoms with Gasteiger partial charge in [-0.25, -0.2) is 4.39 Å². The second-order valence-electron chi connectivity index (χ2n) is 4.21. The first-order valence-electron chi connectivity index (χ1n) is 4.79. The predicted octanol–water partition coefficient (Wildman–Crippen LogP) is 0.782. The molecular formula is C9H17FN2. The average Bonchev–Trinajstić information content (AvgIpc) is 2.55. The van der Waals surface area contributed by atoms with Crippen molar-refractivity contribution in [3.05, 3.63) is 0 Å². The van der Waals surface area contributed by atoms with E-state index in [0.29, 0.717) is 12.6 Å². The van der Waals surface area contributed by atoms with Gasteiger partial charge in [0, 0.05) is 19.1 Å². The Bertz CT molecular complexity index is 162. The Morgan fingerprint density at radius 2 is 2.33 bits per heavy atom. The van der Waals surface area contributed by atoms with Crippen LogP contribution >= 0.6 is 0 Å². The molecule has 0 aromatic rings. The number of rotatable bonds is 3. The molecule has 2 fully saturated rings. The van der Waals surface area contributed by atoms with E-state index in [-0.39, 0.29) is 0 Å². The van der Waals surface area contributed by atoms with Crippen LogP contribution in [0.2, 0.25) is 0 Å². The Morgan fingerprint density at radius 1 is 1.58 bits per heavy atom. The maximum atomic E-state index is 13.3. The number of hydrogen-bond donors (Lipinski definition) is 1. The molecule has 0 aromatic carbocycles. The van der Waals surface area contributed by atoms with Gasteiger partial charge >= 0.3 is 0 Å². The molecule has 0 aromatic heterocycles. The van der Waals surface area contributed by atoms with E-state index in [1.807, 2.05) is 7.05 Å². The number of likely N-dealkylation sites (N-methyl/N-ethyl adjacent to an activating group) is 1. The minimum absolute atomic E-state index is 0.568. The molecule has 1 saturated carbocycles. The van der Waals surface area contributed by atoms with Gasteiger partial charge in [-0.05, 0) is 32.9 Å². The molecule has 1 heterocycles. The van der Waals surface area contributed by atoms with E-state index in [9.17, 15) is 4.39 Å². The van der Waals surface area contributed by atoms with E-state index in [1.165, 1.54) is 6.42 Å². The lowest BCUT2D eigenvalue weighted by Crippen LogP contribution is -2.38. The number of nitrogens with zero attached hydrogens (tertiary/aromatic N) is 1. The van der Waals surface area contributed by atoms with E-state index in [1.54, 1.807) is 0 Å².